The number of hydrogen-bond donors (Lipinski definition) is 1. The molecule has 0 aromatic heterocycles. The fourth-order valence-corrected chi connectivity index (χ4v) is 2.31. The van der Waals surface area contributed by atoms with Gasteiger partial charge in [0.15, 0.2) is 0 Å². The molecular weight excluding hydrogens is 245 g/mol. The number of primary amides is 1. The van der Waals surface area contributed by atoms with Crippen LogP contribution in [0.25, 0.3) is 0 Å². The van der Waals surface area contributed by atoms with Crippen molar-refractivity contribution < 1.29 is 18.8 Å². The van der Waals surface area contributed by atoms with E-state index in [9.17, 15) is 4.79 Å². The number of allylic oxidation sites excluding steroid dienone is 1. The molecular formula is C13H22BNO4. The van der Waals surface area contributed by atoms with Crippen LogP contribution in [0.5, 0.6) is 0 Å². The number of ether oxygens (including phenoxy) is 1. The molecule has 0 aromatic rings. The first-order valence-corrected chi connectivity index (χ1v) is 6.72. The van der Waals surface area contributed by atoms with Crippen LogP contribution in [-0.2, 0) is 14.0 Å². The van der Waals surface area contributed by atoms with Crippen molar-refractivity contribution >= 4 is 13.2 Å². The van der Waals surface area contributed by atoms with Gasteiger partial charge in [-0.2, -0.15) is 0 Å². The van der Waals surface area contributed by atoms with Crippen molar-refractivity contribution in [2.75, 3.05) is 0 Å². The van der Waals surface area contributed by atoms with Gasteiger partial charge >= 0.3 is 13.2 Å². The third-order valence-corrected chi connectivity index (χ3v) is 4.24. The van der Waals surface area contributed by atoms with Crippen LogP contribution in [0.2, 0.25) is 0 Å². The molecule has 0 radical (unpaired) electrons. The van der Waals surface area contributed by atoms with E-state index in [1.54, 1.807) is 0 Å². The van der Waals surface area contributed by atoms with E-state index < -0.39 is 6.09 Å². The molecule has 0 bridgehead atoms. The summed E-state index contributed by atoms with van der Waals surface area (Å²) in [6.45, 7) is 8.15. The van der Waals surface area contributed by atoms with Gasteiger partial charge in [0, 0.05) is 6.42 Å². The zero-order valence-corrected chi connectivity index (χ0v) is 12.1. The molecule has 2 aliphatic rings. The molecule has 19 heavy (non-hydrogen) atoms. The molecule has 106 valence electrons. The highest BCUT2D eigenvalue weighted by atomic mass is 16.7. The summed E-state index contributed by atoms with van der Waals surface area (Å²) < 4.78 is 17.0. The molecule has 1 atom stereocenters. The Bertz CT molecular complexity index is 389. The molecule has 1 heterocycles. The minimum atomic E-state index is -0.711. The minimum absolute atomic E-state index is 0.122. The summed E-state index contributed by atoms with van der Waals surface area (Å²) >= 11 is 0. The lowest BCUT2D eigenvalue weighted by molar-refractivity contribution is 0.00578. The van der Waals surface area contributed by atoms with Gasteiger partial charge in [-0.05, 0) is 46.0 Å². The minimum Gasteiger partial charge on any atom is -0.446 e. The summed E-state index contributed by atoms with van der Waals surface area (Å²) in [6.07, 6.45) is 3.44. The zero-order valence-electron chi connectivity index (χ0n) is 12.1. The Morgan fingerprint density at radius 2 is 1.95 bits per heavy atom. The van der Waals surface area contributed by atoms with Crippen LogP contribution >= 0.6 is 0 Å². The van der Waals surface area contributed by atoms with Crippen molar-refractivity contribution in [1.29, 1.82) is 0 Å². The van der Waals surface area contributed by atoms with Crippen molar-refractivity contribution in [3.63, 3.8) is 0 Å². The fourth-order valence-electron chi connectivity index (χ4n) is 2.31. The number of carbonyl (C=O) groups excluding carboxylic acids is 1. The van der Waals surface area contributed by atoms with E-state index in [0.717, 1.165) is 18.3 Å². The molecule has 0 saturated carbocycles. The monoisotopic (exact) mass is 267 g/mol. The molecule has 6 heteroatoms. The Morgan fingerprint density at radius 3 is 2.37 bits per heavy atom. The van der Waals surface area contributed by atoms with E-state index in [-0.39, 0.29) is 24.4 Å². The summed E-state index contributed by atoms with van der Waals surface area (Å²) in [5, 5.41) is 0. The lowest BCUT2D eigenvalue weighted by Crippen LogP contribution is -2.41. The summed E-state index contributed by atoms with van der Waals surface area (Å²) in [4.78, 5) is 10.7. The van der Waals surface area contributed by atoms with Crippen LogP contribution in [0.1, 0.15) is 47.0 Å². The van der Waals surface area contributed by atoms with Crippen molar-refractivity contribution in [3.8, 4) is 0 Å². The summed E-state index contributed by atoms with van der Waals surface area (Å²) in [7, 11) is -0.292. The van der Waals surface area contributed by atoms with E-state index in [2.05, 4.69) is 0 Å². The molecule has 2 rings (SSSR count). The Kier molecular flexibility index (Phi) is 3.66. The van der Waals surface area contributed by atoms with Crippen molar-refractivity contribution in [2.45, 2.75) is 64.3 Å². The zero-order chi connectivity index (χ0) is 14.3. The van der Waals surface area contributed by atoms with Crippen LogP contribution in [-0.4, -0.2) is 30.5 Å². The average molecular weight is 267 g/mol. The van der Waals surface area contributed by atoms with Crippen molar-refractivity contribution in [2.24, 2.45) is 5.73 Å². The topological polar surface area (TPSA) is 70.8 Å². The summed E-state index contributed by atoms with van der Waals surface area (Å²) in [5.41, 5.74) is 5.51. The quantitative estimate of drug-likeness (QED) is 0.778. The molecule has 0 spiro atoms. The fraction of sp³-hybridized carbons (Fsp3) is 0.769. The lowest BCUT2D eigenvalue weighted by atomic mass is 9.72. The first-order chi connectivity index (χ1) is 8.71. The molecule has 1 amide bonds. The first-order valence-electron chi connectivity index (χ1n) is 6.72. The second kappa shape index (κ2) is 4.83. The maximum Gasteiger partial charge on any atom is 0.490 e. The van der Waals surface area contributed by atoms with Crippen molar-refractivity contribution in [1.82, 2.24) is 0 Å². The third-order valence-electron chi connectivity index (χ3n) is 4.24. The lowest BCUT2D eigenvalue weighted by Gasteiger charge is -2.32. The highest BCUT2D eigenvalue weighted by molar-refractivity contribution is 6.54. The molecule has 1 unspecified atom stereocenters. The van der Waals surface area contributed by atoms with Gasteiger partial charge in [-0.3, -0.25) is 0 Å². The molecule has 0 aromatic carbocycles. The molecule has 1 aliphatic carbocycles. The normalized spacial score (nSPS) is 28.9. The Hall–Kier alpha value is -1.01. The SMILES string of the molecule is CC1(C)OB(C2=CCC(OC(N)=O)CC2)OC1(C)C. The second-order valence-corrected chi connectivity index (χ2v) is 6.20. The van der Waals surface area contributed by atoms with Gasteiger partial charge in [-0.25, -0.2) is 4.79 Å². The molecule has 5 nitrogen and oxygen atoms in total. The van der Waals surface area contributed by atoms with Crippen molar-refractivity contribution in [3.05, 3.63) is 11.5 Å². The van der Waals surface area contributed by atoms with Crippen LogP contribution in [0.15, 0.2) is 11.5 Å². The van der Waals surface area contributed by atoms with Gasteiger partial charge in [0.05, 0.1) is 11.2 Å². The Morgan fingerprint density at radius 1 is 1.37 bits per heavy atom. The number of amides is 1. The highest BCUT2D eigenvalue weighted by Crippen LogP contribution is 2.40. The number of hydrogen-bond acceptors (Lipinski definition) is 4. The van der Waals surface area contributed by atoms with E-state index in [1.807, 2.05) is 33.8 Å². The Balaban J connectivity index is 1.99. The average Bonchev–Trinajstić information content (AvgIpc) is 2.48. The largest absolute Gasteiger partial charge is 0.490 e. The third kappa shape index (κ3) is 2.95. The van der Waals surface area contributed by atoms with E-state index in [4.69, 9.17) is 19.8 Å². The van der Waals surface area contributed by atoms with Crippen LogP contribution in [0.4, 0.5) is 4.79 Å². The predicted octanol–water partition coefficient (Wildman–Crippen LogP) is 2.19. The maximum absolute atomic E-state index is 10.7. The Labute approximate surface area is 114 Å². The number of nitrogens with two attached hydrogens (primary N) is 1. The van der Waals surface area contributed by atoms with Gasteiger partial charge in [-0.1, -0.05) is 6.08 Å². The maximum atomic E-state index is 10.7. The van der Waals surface area contributed by atoms with Gasteiger partial charge in [-0.15, -0.1) is 0 Å². The van der Waals surface area contributed by atoms with Crippen LogP contribution in [0, 0.1) is 0 Å². The number of carbonyl (C=O) groups is 1. The first kappa shape index (κ1) is 14.4. The van der Waals surface area contributed by atoms with E-state index in [1.165, 1.54) is 0 Å². The molecule has 2 N–H and O–H groups in total. The van der Waals surface area contributed by atoms with Crippen LogP contribution < -0.4 is 5.73 Å². The highest BCUT2D eigenvalue weighted by Gasteiger charge is 2.52. The van der Waals surface area contributed by atoms with Gasteiger partial charge in [0.1, 0.15) is 6.10 Å². The van der Waals surface area contributed by atoms with Crippen LogP contribution in [0.3, 0.4) is 0 Å². The smallest absolute Gasteiger partial charge is 0.446 e. The molecule has 1 aliphatic heterocycles. The summed E-state index contributed by atoms with van der Waals surface area (Å²) in [5.74, 6) is 0. The van der Waals surface area contributed by atoms with E-state index >= 15 is 0 Å². The van der Waals surface area contributed by atoms with Gasteiger partial charge in [0.25, 0.3) is 0 Å². The van der Waals surface area contributed by atoms with Gasteiger partial charge < -0.3 is 19.8 Å². The standard InChI is InChI=1S/C13H22BNO4/c1-12(2)13(3,4)19-14(18-12)9-5-7-10(8-6-9)17-11(15)16/h5,10H,6-8H2,1-4H3,(H2,15,16). The predicted molar refractivity (Wildman–Crippen MR) is 72.5 cm³/mol. The number of rotatable bonds is 2. The van der Waals surface area contributed by atoms with Gasteiger partial charge in [0.2, 0.25) is 0 Å². The molecule has 1 fully saturated rings. The summed E-state index contributed by atoms with van der Waals surface area (Å²) in [6, 6.07) is 0. The van der Waals surface area contributed by atoms with E-state index in [0.29, 0.717) is 6.42 Å². The molecule has 1 saturated heterocycles. The second-order valence-electron chi connectivity index (χ2n) is 6.20.